The van der Waals surface area contributed by atoms with Crippen LogP contribution in [0.3, 0.4) is 0 Å². The topological polar surface area (TPSA) is 89.4 Å². The minimum atomic E-state index is -4.50. The number of hydrogen-bond donors (Lipinski definition) is 1. The Morgan fingerprint density at radius 3 is 2.64 bits per heavy atom. The van der Waals surface area contributed by atoms with Gasteiger partial charge in [0.1, 0.15) is 5.82 Å². The zero-order valence-corrected chi connectivity index (χ0v) is 20.2. The van der Waals surface area contributed by atoms with Crippen LogP contribution in [0.15, 0.2) is 47.3 Å². The Bertz CT molecular complexity index is 1280. The molecule has 1 saturated heterocycles. The maximum atomic E-state index is 13.6. The maximum Gasteiger partial charge on any atom is 0.416 e. The molecule has 8 nitrogen and oxygen atoms in total. The normalized spacial score (nSPS) is 20.1. The summed E-state index contributed by atoms with van der Waals surface area (Å²) in [6.07, 6.45) is -6.23. The molecule has 1 aromatic heterocycles. The molecule has 36 heavy (non-hydrogen) atoms. The lowest BCUT2D eigenvalue weighted by Crippen LogP contribution is -2.46. The zero-order chi connectivity index (χ0) is 26.0. The van der Waals surface area contributed by atoms with Crippen LogP contribution in [0, 0.1) is 12.7 Å². The lowest BCUT2D eigenvalue weighted by molar-refractivity contribution is -0.231. The third kappa shape index (κ3) is 5.89. The van der Waals surface area contributed by atoms with Gasteiger partial charge in [-0.15, -0.1) is 0 Å². The van der Waals surface area contributed by atoms with E-state index in [0.29, 0.717) is 23.2 Å². The minimum Gasteiger partial charge on any atom is -0.349 e. The predicted molar refractivity (Wildman–Crippen MR) is 121 cm³/mol. The number of rotatable bonds is 7. The van der Waals surface area contributed by atoms with E-state index in [1.54, 1.807) is 32.0 Å². The lowest BCUT2D eigenvalue weighted by atomic mass is 10.0. The molecule has 192 valence electrons. The van der Waals surface area contributed by atoms with Crippen LogP contribution < -0.4 is 5.69 Å². The Hall–Kier alpha value is -2.92. The molecular formula is C23H23F4N4O4P. The second-order valence-electron chi connectivity index (χ2n) is 8.45. The molecule has 2 aromatic carbocycles. The van der Waals surface area contributed by atoms with E-state index in [1.165, 1.54) is 12.1 Å². The summed E-state index contributed by atoms with van der Waals surface area (Å²) < 4.78 is 78.2. The van der Waals surface area contributed by atoms with Crippen LogP contribution in [-0.2, 0) is 26.8 Å². The van der Waals surface area contributed by atoms with Crippen molar-refractivity contribution in [1.29, 1.82) is 0 Å². The highest BCUT2D eigenvalue weighted by Crippen LogP contribution is 2.36. The first-order chi connectivity index (χ1) is 17.0. The number of aryl methyl sites for hydroxylation is 1. The van der Waals surface area contributed by atoms with E-state index in [9.17, 15) is 26.9 Å². The Labute approximate surface area is 205 Å². The number of morpholine rings is 1. The first-order valence-electron chi connectivity index (χ1n) is 11.0. The number of nitrogens with one attached hydrogen (secondary N) is 1. The molecule has 3 aromatic rings. The zero-order valence-electron chi connectivity index (χ0n) is 19.3. The highest BCUT2D eigenvalue weighted by Gasteiger charge is 2.37. The second kappa shape index (κ2) is 10.6. The van der Waals surface area contributed by atoms with Gasteiger partial charge in [0, 0.05) is 6.54 Å². The van der Waals surface area contributed by atoms with Crippen molar-refractivity contribution in [3.8, 4) is 0 Å². The predicted octanol–water partition coefficient (Wildman–Crippen LogP) is 4.77. The smallest absolute Gasteiger partial charge is 0.349 e. The summed E-state index contributed by atoms with van der Waals surface area (Å²) in [5.74, 6) is -0.246. The molecule has 0 unspecified atom stereocenters. The molecule has 13 heteroatoms. The highest BCUT2D eigenvalue weighted by molar-refractivity contribution is 7.21. The fraction of sp³-hybridized carbons (Fsp3) is 0.391. The lowest BCUT2D eigenvalue weighted by Gasteiger charge is -2.41. The summed E-state index contributed by atoms with van der Waals surface area (Å²) in [5, 5.41) is 2.33. The molecule has 0 saturated carbocycles. The van der Waals surface area contributed by atoms with Crippen molar-refractivity contribution < 1.29 is 31.6 Å². The SMILES string of the molecule is Cc1cc([C@@H](C)O[C@H]2OCCN(Cc3nc(=O)[nH]n3P=O)[C@H]2c2ccc(F)cc2)cc(C(F)(F)F)c1. The standard InChI is InChI=1S/C23H23F4N4O4P/c1-13-9-16(11-17(10-13)23(25,26)27)14(2)35-21-20(15-3-5-18(24)6-4-15)30(7-8-34-21)12-19-28-22(32)29-31(19)36-33/h3-6,9-11,14,20-21H,7-8,12H2,1-2H3,(H,29,32)/t14-,20+,21-/m1/s1. The number of aromatic nitrogens is 3. The van der Waals surface area contributed by atoms with Gasteiger partial charge in [-0.2, -0.15) is 22.6 Å². The molecule has 0 amide bonds. The summed E-state index contributed by atoms with van der Waals surface area (Å²) in [4.78, 5) is 17.4. The number of hydrogen-bond acceptors (Lipinski definition) is 6. The Kier molecular flexibility index (Phi) is 7.70. The van der Waals surface area contributed by atoms with Crippen LogP contribution in [-0.4, -0.2) is 38.9 Å². The van der Waals surface area contributed by atoms with Gasteiger partial charge in [-0.3, -0.25) is 4.90 Å². The summed E-state index contributed by atoms with van der Waals surface area (Å²) in [6, 6.07) is 8.76. The van der Waals surface area contributed by atoms with Gasteiger partial charge in [0.05, 0.1) is 30.9 Å². The molecule has 4 rings (SSSR count). The second-order valence-corrected chi connectivity index (χ2v) is 9.02. The van der Waals surface area contributed by atoms with Crippen molar-refractivity contribution in [2.24, 2.45) is 0 Å². The molecule has 1 aliphatic rings. The number of H-pyrrole nitrogens is 1. The Balaban J connectivity index is 1.65. The fourth-order valence-corrected chi connectivity index (χ4v) is 4.52. The summed E-state index contributed by atoms with van der Waals surface area (Å²) in [7, 11) is -0.478. The van der Waals surface area contributed by atoms with Crippen molar-refractivity contribution in [1.82, 2.24) is 19.4 Å². The molecule has 1 aliphatic heterocycles. The molecular weight excluding hydrogens is 503 g/mol. The molecule has 0 bridgehead atoms. The van der Waals surface area contributed by atoms with E-state index in [-0.39, 0.29) is 19.0 Å². The number of benzene rings is 2. The largest absolute Gasteiger partial charge is 0.416 e. The van der Waals surface area contributed by atoms with Gasteiger partial charge in [-0.25, -0.2) is 18.8 Å². The first kappa shape index (κ1) is 26.2. The average molecular weight is 526 g/mol. The highest BCUT2D eigenvalue weighted by atomic mass is 31.1. The average Bonchev–Trinajstić information content (AvgIpc) is 3.18. The fourth-order valence-electron chi connectivity index (χ4n) is 4.19. The third-order valence-electron chi connectivity index (χ3n) is 5.86. The molecule has 0 spiro atoms. The quantitative estimate of drug-likeness (QED) is 0.353. The molecule has 3 atom stereocenters. The molecule has 1 fully saturated rings. The van der Waals surface area contributed by atoms with Gasteiger partial charge < -0.3 is 9.47 Å². The maximum absolute atomic E-state index is 13.6. The number of ether oxygens (including phenoxy) is 2. The van der Waals surface area contributed by atoms with E-state index >= 15 is 0 Å². The summed E-state index contributed by atoms with van der Waals surface area (Å²) in [6.45, 7) is 3.86. The summed E-state index contributed by atoms with van der Waals surface area (Å²) in [5.41, 5.74) is -0.0570. The molecule has 0 radical (unpaired) electrons. The molecule has 0 aliphatic carbocycles. The van der Waals surface area contributed by atoms with Crippen LogP contribution >= 0.6 is 8.61 Å². The van der Waals surface area contributed by atoms with Crippen LogP contribution in [0.2, 0.25) is 0 Å². The number of halogens is 4. The van der Waals surface area contributed by atoms with Gasteiger partial charge in [-0.05, 0) is 49.2 Å². The van der Waals surface area contributed by atoms with Gasteiger partial charge >= 0.3 is 20.5 Å². The van der Waals surface area contributed by atoms with E-state index < -0.39 is 50.3 Å². The van der Waals surface area contributed by atoms with Crippen molar-refractivity contribution >= 4 is 8.61 Å². The van der Waals surface area contributed by atoms with E-state index in [2.05, 4.69) is 10.1 Å². The van der Waals surface area contributed by atoms with E-state index in [0.717, 1.165) is 16.6 Å². The van der Waals surface area contributed by atoms with Crippen LogP contribution in [0.1, 0.15) is 47.1 Å². The number of aromatic amines is 1. The Morgan fingerprint density at radius 1 is 1.25 bits per heavy atom. The Morgan fingerprint density at radius 2 is 1.97 bits per heavy atom. The molecule has 2 heterocycles. The molecule has 1 N–H and O–H groups in total. The minimum absolute atomic E-state index is 0.0797. The van der Waals surface area contributed by atoms with E-state index in [4.69, 9.17) is 9.47 Å². The van der Waals surface area contributed by atoms with Gasteiger partial charge in [0.15, 0.2) is 12.1 Å². The van der Waals surface area contributed by atoms with Crippen molar-refractivity contribution in [2.45, 2.75) is 45.0 Å². The van der Waals surface area contributed by atoms with Crippen molar-refractivity contribution in [3.63, 3.8) is 0 Å². The van der Waals surface area contributed by atoms with Gasteiger partial charge in [0.2, 0.25) is 0 Å². The number of nitrogens with zero attached hydrogens (tertiary/aromatic N) is 3. The summed E-state index contributed by atoms with van der Waals surface area (Å²) >= 11 is 0. The van der Waals surface area contributed by atoms with Gasteiger partial charge in [0.25, 0.3) is 0 Å². The van der Waals surface area contributed by atoms with Crippen LogP contribution in [0.5, 0.6) is 0 Å². The van der Waals surface area contributed by atoms with Crippen LogP contribution in [0.25, 0.3) is 0 Å². The monoisotopic (exact) mass is 526 g/mol. The number of alkyl halides is 3. The first-order valence-corrected chi connectivity index (χ1v) is 11.8. The van der Waals surface area contributed by atoms with Crippen LogP contribution in [0.4, 0.5) is 17.6 Å². The van der Waals surface area contributed by atoms with Gasteiger partial charge in [-0.1, -0.05) is 23.8 Å². The van der Waals surface area contributed by atoms with Crippen molar-refractivity contribution in [3.05, 3.63) is 86.8 Å². The van der Waals surface area contributed by atoms with Crippen molar-refractivity contribution in [2.75, 3.05) is 13.2 Å². The van der Waals surface area contributed by atoms with E-state index in [1.807, 2.05) is 4.90 Å². The third-order valence-corrected chi connectivity index (χ3v) is 6.35.